The van der Waals surface area contributed by atoms with Gasteiger partial charge in [-0.1, -0.05) is 32.0 Å². The molecule has 0 aromatic heterocycles. The molecule has 1 atom stereocenters. The van der Waals surface area contributed by atoms with Crippen LogP contribution in [0.25, 0.3) is 0 Å². The van der Waals surface area contributed by atoms with Gasteiger partial charge in [0.05, 0.1) is 0 Å². The molecule has 1 aliphatic rings. The second-order valence-electron chi connectivity index (χ2n) is 6.71. The largest absolute Gasteiger partial charge is 0.297 e. The van der Waals surface area contributed by atoms with E-state index in [2.05, 4.69) is 56.2 Å². The van der Waals surface area contributed by atoms with E-state index in [1.54, 1.807) is 11.1 Å². The Morgan fingerprint density at radius 2 is 1.86 bits per heavy atom. The zero-order valence-corrected chi connectivity index (χ0v) is 14.1. The first-order chi connectivity index (χ1) is 10.0. The molecule has 0 fully saturated rings. The van der Waals surface area contributed by atoms with Gasteiger partial charge in [-0.25, -0.2) is 0 Å². The van der Waals surface area contributed by atoms with Gasteiger partial charge in [-0.05, 0) is 69.3 Å². The van der Waals surface area contributed by atoms with Crippen molar-refractivity contribution in [1.82, 2.24) is 10.3 Å². The number of fused-ring (bicyclic) bond motifs is 1. The van der Waals surface area contributed by atoms with Crippen molar-refractivity contribution in [3.8, 4) is 0 Å². The average molecular weight is 289 g/mol. The lowest BCUT2D eigenvalue weighted by atomic mass is 9.87. The predicted molar refractivity (Wildman–Crippen MR) is 90.3 cm³/mol. The van der Waals surface area contributed by atoms with E-state index in [1.807, 2.05) is 0 Å². The smallest absolute Gasteiger partial charge is 0.0429 e. The van der Waals surface area contributed by atoms with E-state index in [1.165, 1.54) is 24.8 Å². The number of likely N-dealkylation sites (N-methyl/N-ethyl adjacent to an activating group) is 1. The fourth-order valence-corrected chi connectivity index (χ4v) is 3.76. The molecule has 2 rings (SSSR count). The van der Waals surface area contributed by atoms with Gasteiger partial charge < -0.3 is 0 Å². The Balaban J connectivity index is 2.15. The number of benzene rings is 1. The monoisotopic (exact) mass is 289 g/mol. The van der Waals surface area contributed by atoms with E-state index in [0.29, 0.717) is 0 Å². The number of hydrogen-bond acceptors (Lipinski definition) is 3. The van der Waals surface area contributed by atoms with Crippen LogP contribution >= 0.6 is 0 Å². The zero-order chi connectivity index (χ0) is 15.5. The summed E-state index contributed by atoms with van der Waals surface area (Å²) in [7, 11) is 0. The summed E-state index contributed by atoms with van der Waals surface area (Å²) in [5, 5.41) is 0. The summed E-state index contributed by atoms with van der Waals surface area (Å²) in [4.78, 5) is 2.48. The summed E-state index contributed by atoms with van der Waals surface area (Å²) < 4.78 is 0. The predicted octanol–water partition coefficient (Wildman–Crippen LogP) is 2.67. The van der Waals surface area contributed by atoms with E-state index in [4.69, 9.17) is 5.84 Å². The minimum absolute atomic E-state index is 0.0390. The summed E-state index contributed by atoms with van der Waals surface area (Å²) in [5.74, 6) is 5.89. The van der Waals surface area contributed by atoms with Crippen molar-refractivity contribution in [1.29, 1.82) is 0 Å². The topological polar surface area (TPSA) is 41.3 Å². The van der Waals surface area contributed by atoms with Crippen LogP contribution in [0.1, 0.15) is 50.8 Å². The molecule has 118 valence electrons. The van der Waals surface area contributed by atoms with Crippen LogP contribution in [-0.4, -0.2) is 29.6 Å². The second-order valence-corrected chi connectivity index (χ2v) is 6.71. The third-order valence-corrected chi connectivity index (χ3v) is 5.24. The highest BCUT2D eigenvalue weighted by atomic mass is 15.3. The minimum Gasteiger partial charge on any atom is -0.297 e. The van der Waals surface area contributed by atoms with E-state index >= 15 is 0 Å². The van der Waals surface area contributed by atoms with Crippen LogP contribution in [0.3, 0.4) is 0 Å². The lowest BCUT2D eigenvalue weighted by molar-refractivity contribution is 0.0912. The summed E-state index contributed by atoms with van der Waals surface area (Å²) in [6, 6.07) is 7.24. The molecule has 1 unspecified atom stereocenters. The van der Waals surface area contributed by atoms with E-state index < -0.39 is 0 Å². The lowest BCUT2D eigenvalue weighted by Gasteiger charge is -2.43. The lowest BCUT2D eigenvalue weighted by Crippen LogP contribution is -2.60. The summed E-state index contributed by atoms with van der Waals surface area (Å²) in [6.45, 7) is 11.1. The van der Waals surface area contributed by atoms with Crippen LogP contribution in [0.15, 0.2) is 18.2 Å². The molecule has 0 heterocycles. The number of nitrogens with two attached hydrogens (primary N) is 1. The van der Waals surface area contributed by atoms with E-state index in [0.717, 1.165) is 19.5 Å². The molecular weight excluding hydrogens is 258 g/mol. The first kappa shape index (κ1) is 16.5. The molecular formula is C18H31N3. The number of rotatable bonds is 7. The second kappa shape index (κ2) is 6.91. The minimum atomic E-state index is 0.0390. The van der Waals surface area contributed by atoms with Crippen LogP contribution in [0.4, 0.5) is 0 Å². The third-order valence-electron chi connectivity index (χ3n) is 5.24. The Hall–Kier alpha value is -0.900. The highest BCUT2D eigenvalue weighted by molar-refractivity contribution is 5.35. The van der Waals surface area contributed by atoms with Crippen molar-refractivity contribution >= 4 is 0 Å². The van der Waals surface area contributed by atoms with Gasteiger partial charge in [0.1, 0.15) is 0 Å². The molecule has 0 amide bonds. The molecule has 0 saturated carbocycles. The van der Waals surface area contributed by atoms with Gasteiger partial charge in [0.15, 0.2) is 0 Å². The number of aryl methyl sites for hydroxylation is 2. The quantitative estimate of drug-likeness (QED) is 0.599. The molecule has 0 aliphatic heterocycles. The van der Waals surface area contributed by atoms with Gasteiger partial charge in [-0.15, -0.1) is 0 Å². The molecule has 0 bridgehead atoms. The molecule has 3 nitrogen and oxygen atoms in total. The normalized spacial score (nSPS) is 16.3. The van der Waals surface area contributed by atoms with Gasteiger partial charge >= 0.3 is 0 Å². The molecule has 1 aliphatic carbocycles. The highest BCUT2D eigenvalue weighted by Gasteiger charge is 2.33. The maximum absolute atomic E-state index is 5.89. The van der Waals surface area contributed by atoms with E-state index in [9.17, 15) is 0 Å². The first-order valence-corrected chi connectivity index (χ1v) is 8.34. The number of hydrogen-bond donors (Lipinski definition) is 2. The van der Waals surface area contributed by atoms with Crippen molar-refractivity contribution < 1.29 is 0 Å². The van der Waals surface area contributed by atoms with Crippen molar-refractivity contribution in [2.24, 2.45) is 5.84 Å². The van der Waals surface area contributed by atoms with Gasteiger partial charge in [0, 0.05) is 11.6 Å². The summed E-state index contributed by atoms with van der Waals surface area (Å²) >= 11 is 0. The first-order valence-electron chi connectivity index (χ1n) is 8.34. The van der Waals surface area contributed by atoms with Gasteiger partial charge in [0.25, 0.3) is 0 Å². The van der Waals surface area contributed by atoms with Crippen LogP contribution in [-0.2, 0) is 19.3 Å². The SMILES string of the molecule is CCN(CC)C(C)(C)C(Cc1ccc2c(c1)CCC2)NN. The molecule has 0 radical (unpaired) electrons. The van der Waals surface area contributed by atoms with Crippen molar-refractivity contribution in [2.75, 3.05) is 13.1 Å². The van der Waals surface area contributed by atoms with Crippen LogP contribution in [0.2, 0.25) is 0 Å². The Bertz CT molecular complexity index is 464. The molecule has 0 saturated heterocycles. The Labute approximate surface area is 129 Å². The van der Waals surface area contributed by atoms with Crippen LogP contribution in [0, 0.1) is 0 Å². The highest BCUT2D eigenvalue weighted by Crippen LogP contribution is 2.26. The standard InChI is InChI=1S/C18H31N3/c1-5-21(6-2)18(3,4)17(20-19)13-14-10-11-15-8-7-9-16(15)12-14/h10-12,17,20H,5-9,13,19H2,1-4H3. The van der Waals surface area contributed by atoms with Gasteiger partial charge in [0.2, 0.25) is 0 Å². The van der Waals surface area contributed by atoms with Crippen molar-refractivity contribution in [2.45, 2.75) is 65.0 Å². The fraction of sp³-hybridized carbons (Fsp3) is 0.667. The maximum Gasteiger partial charge on any atom is 0.0429 e. The van der Waals surface area contributed by atoms with Crippen LogP contribution < -0.4 is 11.3 Å². The maximum atomic E-state index is 5.89. The summed E-state index contributed by atoms with van der Waals surface area (Å²) in [5.41, 5.74) is 7.59. The third kappa shape index (κ3) is 3.47. The van der Waals surface area contributed by atoms with Crippen molar-refractivity contribution in [3.63, 3.8) is 0 Å². The number of hydrazine groups is 1. The van der Waals surface area contributed by atoms with Crippen LogP contribution in [0.5, 0.6) is 0 Å². The average Bonchev–Trinajstić information content (AvgIpc) is 2.93. The number of nitrogens with zero attached hydrogens (tertiary/aromatic N) is 1. The number of nitrogens with one attached hydrogen (secondary N) is 1. The summed E-state index contributed by atoms with van der Waals surface area (Å²) in [6.07, 6.45) is 4.78. The molecule has 21 heavy (non-hydrogen) atoms. The zero-order valence-electron chi connectivity index (χ0n) is 14.1. The molecule has 3 heteroatoms. The van der Waals surface area contributed by atoms with Gasteiger partial charge in [-0.2, -0.15) is 0 Å². The molecule has 0 spiro atoms. The Morgan fingerprint density at radius 3 is 2.48 bits per heavy atom. The van der Waals surface area contributed by atoms with E-state index in [-0.39, 0.29) is 11.6 Å². The van der Waals surface area contributed by atoms with Gasteiger partial charge in [-0.3, -0.25) is 16.2 Å². The Kier molecular flexibility index (Phi) is 5.42. The Morgan fingerprint density at radius 1 is 1.19 bits per heavy atom. The molecule has 1 aromatic carbocycles. The molecule has 1 aromatic rings. The van der Waals surface area contributed by atoms with Crippen molar-refractivity contribution in [3.05, 3.63) is 34.9 Å². The fourth-order valence-electron chi connectivity index (χ4n) is 3.76. The molecule has 3 N–H and O–H groups in total.